The van der Waals surface area contributed by atoms with Gasteiger partial charge in [-0.2, -0.15) is 0 Å². The Morgan fingerprint density at radius 2 is 0.448 bits per heavy atom. The molecule has 0 spiro atoms. The summed E-state index contributed by atoms with van der Waals surface area (Å²) in [5.74, 6) is 0. The fourth-order valence-corrected chi connectivity index (χ4v) is 13.1. The Bertz CT molecular complexity index is 6290. The van der Waals surface area contributed by atoms with Gasteiger partial charge in [-0.1, -0.05) is 224 Å². The second kappa shape index (κ2) is 23.6. The van der Waals surface area contributed by atoms with Gasteiger partial charge in [0.2, 0.25) is 0 Å². The van der Waals surface area contributed by atoms with Crippen LogP contribution < -0.4 is 0 Å². The van der Waals surface area contributed by atoms with Gasteiger partial charge in [0.1, 0.15) is 0 Å². The zero-order chi connectivity index (χ0) is 63.5. The summed E-state index contributed by atoms with van der Waals surface area (Å²) in [5, 5.41) is 11.1. The predicted molar refractivity (Wildman–Crippen MR) is 396 cm³/mol. The first-order chi connectivity index (χ1) is 47.4. The molecular weight excluding hydrogens is 1170 g/mol. The summed E-state index contributed by atoms with van der Waals surface area (Å²) in [5.41, 5.74) is 23.8. The standard InChI is InChI=1S/C55H33N5.C33H21N3/c1-2-6-34(7-3-1)47-26-23-38-12-13-39-24-27-49(60-55(39)54(38)59-47)44-19-17-40-30-41(15-16-42(40)31-44)43-14-10-36-20-25-48(57-52(36)32-43)45-18-11-37-22-29-51(58-53(37)33-45)50-28-21-35-8-4-5-9-46(35)56-50;1-2-6-22(7-3-1)25-12-10-23-14-16-30(35-32(23)19-25)27-13-11-24-15-17-31(36-33(24)20-27)28-18-26-8-4-5-9-29(26)34-21-28/h1-33H;1-21H. The molecule has 0 amide bonds. The molecule has 19 rings (SSSR count). The summed E-state index contributed by atoms with van der Waals surface area (Å²) in [7, 11) is 0. The third kappa shape index (κ3) is 10.7. The Morgan fingerprint density at radius 1 is 0.146 bits per heavy atom. The highest BCUT2D eigenvalue weighted by Crippen LogP contribution is 2.36. The van der Waals surface area contributed by atoms with Crippen molar-refractivity contribution in [1.29, 1.82) is 0 Å². The normalized spacial score (nSPS) is 11.5. The number of hydrogen-bond donors (Lipinski definition) is 0. The number of pyridine rings is 8. The van der Waals surface area contributed by atoms with E-state index in [9.17, 15) is 0 Å². The van der Waals surface area contributed by atoms with Gasteiger partial charge in [-0.3, -0.25) is 4.98 Å². The highest BCUT2D eigenvalue weighted by Gasteiger charge is 2.14. The molecule has 446 valence electrons. The minimum atomic E-state index is 0.850. The lowest BCUT2D eigenvalue weighted by atomic mass is 9.98. The number of benzene rings is 11. The fraction of sp³-hybridized carbons (Fsp3) is 0. The first-order valence-corrected chi connectivity index (χ1v) is 32.2. The topological polar surface area (TPSA) is 103 Å². The van der Waals surface area contributed by atoms with Gasteiger partial charge in [0.15, 0.2) is 0 Å². The summed E-state index contributed by atoms with van der Waals surface area (Å²) in [4.78, 5) is 40.0. The van der Waals surface area contributed by atoms with Crippen LogP contribution in [0.25, 0.3) is 188 Å². The maximum Gasteiger partial charge on any atom is 0.0972 e. The highest BCUT2D eigenvalue weighted by atomic mass is 14.8. The molecule has 0 aliphatic heterocycles. The van der Waals surface area contributed by atoms with Crippen LogP contribution in [0.15, 0.2) is 328 Å². The van der Waals surface area contributed by atoms with Crippen molar-refractivity contribution in [2.24, 2.45) is 0 Å². The Morgan fingerprint density at radius 3 is 0.990 bits per heavy atom. The van der Waals surface area contributed by atoms with Gasteiger partial charge in [-0.15, -0.1) is 0 Å². The van der Waals surface area contributed by atoms with Crippen LogP contribution in [0.3, 0.4) is 0 Å². The smallest absolute Gasteiger partial charge is 0.0972 e. The fourth-order valence-electron chi connectivity index (χ4n) is 13.1. The minimum absolute atomic E-state index is 0.850. The molecule has 96 heavy (non-hydrogen) atoms. The van der Waals surface area contributed by atoms with Gasteiger partial charge in [0.05, 0.1) is 84.0 Å². The van der Waals surface area contributed by atoms with E-state index in [0.717, 1.165) is 171 Å². The lowest BCUT2D eigenvalue weighted by Crippen LogP contribution is -1.91. The van der Waals surface area contributed by atoms with E-state index in [-0.39, 0.29) is 0 Å². The molecule has 0 aliphatic rings. The third-order valence-corrected chi connectivity index (χ3v) is 18.3. The first-order valence-electron chi connectivity index (χ1n) is 32.2. The van der Waals surface area contributed by atoms with E-state index in [1.54, 1.807) is 0 Å². The van der Waals surface area contributed by atoms with Gasteiger partial charge in [-0.05, 0) is 130 Å². The largest absolute Gasteiger partial charge is 0.256 e. The SMILES string of the molecule is c1ccc(-c2ccc3ccc(-c4ccc5ccc(-c6cnc7ccccc7c6)nc5c4)nc3c2)cc1.c1ccc(-c2ccc3ccc4ccc(-c5ccc6cc(-c7ccc8ccc(-c9ccc%10ccc(-c%11ccc%12ccccc%12n%11)nc%10c9)nc8c7)ccc6c5)nc4c3n2)cc1. The van der Waals surface area contributed by atoms with Crippen molar-refractivity contribution < 1.29 is 0 Å². The van der Waals surface area contributed by atoms with Crippen molar-refractivity contribution in [3.8, 4) is 89.9 Å². The van der Waals surface area contributed by atoms with E-state index in [1.807, 2.05) is 79.0 Å². The number of nitrogens with zero attached hydrogens (tertiary/aromatic N) is 8. The summed E-state index contributed by atoms with van der Waals surface area (Å²) in [6.07, 6.45) is 1.90. The second-order valence-electron chi connectivity index (χ2n) is 24.3. The van der Waals surface area contributed by atoms with Crippen LogP contribution in [0.2, 0.25) is 0 Å². The third-order valence-electron chi connectivity index (χ3n) is 18.3. The molecule has 8 aromatic heterocycles. The molecule has 11 aromatic carbocycles. The molecule has 0 unspecified atom stereocenters. The summed E-state index contributed by atoms with van der Waals surface area (Å²) in [6.45, 7) is 0. The molecule has 19 aromatic rings. The van der Waals surface area contributed by atoms with E-state index >= 15 is 0 Å². The van der Waals surface area contributed by atoms with E-state index in [4.69, 9.17) is 34.9 Å². The van der Waals surface area contributed by atoms with E-state index < -0.39 is 0 Å². The van der Waals surface area contributed by atoms with Crippen molar-refractivity contribution in [1.82, 2.24) is 39.9 Å². The molecule has 0 bridgehead atoms. The lowest BCUT2D eigenvalue weighted by molar-refractivity contribution is 1.32. The van der Waals surface area contributed by atoms with Crippen molar-refractivity contribution in [2.75, 3.05) is 0 Å². The molecule has 8 heteroatoms. The van der Waals surface area contributed by atoms with Crippen molar-refractivity contribution in [3.05, 3.63) is 328 Å². The Hall–Kier alpha value is -13.0. The number of rotatable bonds is 8. The summed E-state index contributed by atoms with van der Waals surface area (Å²) >= 11 is 0. The van der Waals surface area contributed by atoms with Crippen LogP contribution in [-0.2, 0) is 0 Å². The molecule has 0 saturated heterocycles. The quantitative estimate of drug-likeness (QED) is 0.139. The van der Waals surface area contributed by atoms with Gasteiger partial charge in [0.25, 0.3) is 0 Å². The molecule has 8 heterocycles. The average molecular weight is 1220 g/mol. The van der Waals surface area contributed by atoms with Crippen molar-refractivity contribution in [2.45, 2.75) is 0 Å². The van der Waals surface area contributed by atoms with E-state index in [0.29, 0.717) is 0 Å². The monoisotopic (exact) mass is 1220 g/mol. The van der Waals surface area contributed by atoms with E-state index in [1.165, 1.54) is 16.5 Å². The Balaban J connectivity index is 0.000000159. The number of para-hydroxylation sites is 2. The number of hydrogen-bond acceptors (Lipinski definition) is 8. The predicted octanol–water partition coefficient (Wildman–Crippen LogP) is 22.2. The van der Waals surface area contributed by atoms with Gasteiger partial charge in [0, 0.05) is 77.1 Å². The van der Waals surface area contributed by atoms with Crippen molar-refractivity contribution >= 4 is 98.0 Å². The molecule has 0 saturated carbocycles. The summed E-state index contributed by atoms with van der Waals surface area (Å²) in [6, 6.07) is 112. The molecular formula is C88H54N8. The van der Waals surface area contributed by atoms with Crippen LogP contribution in [0.1, 0.15) is 0 Å². The van der Waals surface area contributed by atoms with Crippen LogP contribution in [0.4, 0.5) is 0 Å². The molecule has 0 atom stereocenters. The molecule has 0 fully saturated rings. The van der Waals surface area contributed by atoms with E-state index in [2.05, 4.69) is 254 Å². The molecule has 0 aliphatic carbocycles. The van der Waals surface area contributed by atoms with Gasteiger partial charge >= 0.3 is 0 Å². The van der Waals surface area contributed by atoms with Gasteiger partial charge in [-0.25, -0.2) is 34.9 Å². The van der Waals surface area contributed by atoms with Crippen LogP contribution in [0, 0.1) is 0 Å². The maximum absolute atomic E-state index is 5.20. The van der Waals surface area contributed by atoms with Crippen LogP contribution in [0.5, 0.6) is 0 Å². The van der Waals surface area contributed by atoms with Crippen molar-refractivity contribution in [3.63, 3.8) is 0 Å². The second-order valence-corrected chi connectivity index (χ2v) is 24.3. The molecule has 0 N–H and O–H groups in total. The zero-order valence-electron chi connectivity index (χ0n) is 51.8. The summed E-state index contributed by atoms with van der Waals surface area (Å²) < 4.78 is 0. The highest BCUT2D eigenvalue weighted by molar-refractivity contribution is 6.05. The average Bonchev–Trinajstić information content (AvgIpc) is 0.806. The number of fused-ring (bicyclic) bond motifs is 10. The Kier molecular flexibility index (Phi) is 13.7. The molecule has 8 nitrogen and oxygen atoms in total. The number of aromatic nitrogens is 8. The molecule has 0 radical (unpaired) electrons. The zero-order valence-corrected chi connectivity index (χ0v) is 51.8. The maximum atomic E-state index is 5.20. The Labute approximate surface area is 552 Å². The lowest BCUT2D eigenvalue weighted by Gasteiger charge is -2.10. The van der Waals surface area contributed by atoms with Gasteiger partial charge < -0.3 is 0 Å². The minimum Gasteiger partial charge on any atom is -0.256 e. The van der Waals surface area contributed by atoms with Crippen LogP contribution >= 0.6 is 0 Å². The first kappa shape index (κ1) is 55.8. The van der Waals surface area contributed by atoms with Crippen LogP contribution in [-0.4, -0.2) is 39.9 Å².